The standard InChI is InChI=1S/C28H31NO4/c1-20-16-21(9-14-27(20)22-6-4-8-26(17-22)31-2)19-33-25-12-10-23(11-13-25)29-15-5-7-24(29)18-28(30)32-3/h4,6,8-14,16-17,24H,5,7,15,18-19H2,1-3H3/t24-/m0/s1. The highest BCUT2D eigenvalue weighted by atomic mass is 16.5. The van der Waals surface area contributed by atoms with Crippen LogP contribution in [0.25, 0.3) is 11.1 Å². The maximum absolute atomic E-state index is 11.7. The molecule has 0 N–H and O–H groups in total. The molecule has 0 amide bonds. The van der Waals surface area contributed by atoms with Crippen LogP contribution in [0.3, 0.4) is 0 Å². The molecule has 1 heterocycles. The van der Waals surface area contributed by atoms with Crippen LogP contribution in [0, 0.1) is 6.92 Å². The molecule has 5 nitrogen and oxygen atoms in total. The maximum atomic E-state index is 11.7. The van der Waals surface area contributed by atoms with E-state index in [1.54, 1.807) is 7.11 Å². The summed E-state index contributed by atoms with van der Waals surface area (Å²) in [6.45, 7) is 3.59. The molecule has 3 aromatic carbocycles. The van der Waals surface area contributed by atoms with Crippen LogP contribution in [0.4, 0.5) is 5.69 Å². The molecule has 0 spiro atoms. The Morgan fingerprint density at radius 2 is 1.82 bits per heavy atom. The van der Waals surface area contributed by atoms with Crippen molar-refractivity contribution < 1.29 is 19.0 Å². The fourth-order valence-electron chi connectivity index (χ4n) is 4.49. The second kappa shape index (κ2) is 10.4. The zero-order valence-electron chi connectivity index (χ0n) is 19.5. The van der Waals surface area contributed by atoms with Gasteiger partial charge in [0.1, 0.15) is 18.1 Å². The van der Waals surface area contributed by atoms with Crippen molar-refractivity contribution >= 4 is 11.7 Å². The molecule has 0 saturated carbocycles. The molecule has 1 atom stereocenters. The Morgan fingerprint density at radius 3 is 2.55 bits per heavy atom. The van der Waals surface area contributed by atoms with Gasteiger partial charge in [0.05, 0.1) is 20.6 Å². The second-order valence-electron chi connectivity index (χ2n) is 8.43. The van der Waals surface area contributed by atoms with E-state index in [9.17, 15) is 4.79 Å². The number of rotatable bonds is 8. The summed E-state index contributed by atoms with van der Waals surface area (Å²) >= 11 is 0. The minimum absolute atomic E-state index is 0.153. The molecule has 0 bridgehead atoms. The summed E-state index contributed by atoms with van der Waals surface area (Å²) in [6.07, 6.45) is 2.53. The Labute approximate surface area is 195 Å². The van der Waals surface area contributed by atoms with E-state index in [1.165, 1.54) is 18.2 Å². The van der Waals surface area contributed by atoms with E-state index in [4.69, 9.17) is 14.2 Å². The van der Waals surface area contributed by atoms with Crippen LogP contribution in [0.5, 0.6) is 11.5 Å². The molecule has 5 heteroatoms. The van der Waals surface area contributed by atoms with E-state index >= 15 is 0 Å². The molecule has 0 aromatic heterocycles. The van der Waals surface area contributed by atoms with Gasteiger partial charge in [-0.15, -0.1) is 0 Å². The van der Waals surface area contributed by atoms with Gasteiger partial charge >= 0.3 is 5.97 Å². The van der Waals surface area contributed by atoms with E-state index in [1.807, 2.05) is 24.3 Å². The van der Waals surface area contributed by atoms with Gasteiger partial charge in [0.15, 0.2) is 0 Å². The summed E-state index contributed by atoms with van der Waals surface area (Å²) in [5, 5.41) is 0. The highest BCUT2D eigenvalue weighted by Crippen LogP contribution is 2.30. The van der Waals surface area contributed by atoms with E-state index < -0.39 is 0 Å². The van der Waals surface area contributed by atoms with Crippen LogP contribution < -0.4 is 14.4 Å². The molecule has 3 aromatic rings. The number of ether oxygens (including phenoxy) is 3. The van der Waals surface area contributed by atoms with Crippen molar-refractivity contribution in [2.24, 2.45) is 0 Å². The fraction of sp³-hybridized carbons (Fsp3) is 0.321. The van der Waals surface area contributed by atoms with Crippen molar-refractivity contribution in [2.75, 3.05) is 25.7 Å². The third-order valence-corrected chi connectivity index (χ3v) is 6.25. The Bertz CT molecular complexity index is 1090. The molecule has 0 unspecified atom stereocenters. The number of anilines is 1. The third-order valence-electron chi connectivity index (χ3n) is 6.25. The van der Waals surface area contributed by atoms with Gasteiger partial charge < -0.3 is 19.1 Å². The number of nitrogens with zero attached hydrogens (tertiary/aromatic N) is 1. The molecule has 33 heavy (non-hydrogen) atoms. The molecule has 1 fully saturated rings. The lowest BCUT2D eigenvalue weighted by molar-refractivity contribution is -0.140. The first kappa shape index (κ1) is 22.7. The van der Waals surface area contributed by atoms with Gasteiger partial charge in [0.25, 0.3) is 0 Å². The number of hydrogen-bond donors (Lipinski definition) is 0. The lowest BCUT2D eigenvalue weighted by Gasteiger charge is -2.26. The normalized spacial score (nSPS) is 15.4. The summed E-state index contributed by atoms with van der Waals surface area (Å²) in [7, 11) is 3.13. The maximum Gasteiger partial charge on any atom is 0.307 e. The SMILES string of the molecule is COC(=O)C[C@@H]1CCCN1c1ccc(OCc2ccc(-c3cccc(OC)c3)c(C)c2)cc1. The minimum Gasteiger partial charge on any atom is -0.497 e. The van der Waals surface area contributed by atoms with Crippen molar-refractivity contribution in [2.45, 2.75) is 38.8 Å². The molecule has 1 aliphatic rings. The summed E-state index contributed by atoms with van der Waals surface area (Å²) in [6, 6.07) is 22.9. The lowest BCUT2D eigenvalue weighted by Crippen LogP contribution is -2.31. The average Bonchev–Trinajstić information content (AvgIpc) is 3.31. The third kappa shape index (κ3) is 5.48. The number of carbonyl (C=O) groups is 1. The highest BCUT2D eigenvalue weighted by Gasteiger charge is 2.27. The van der Waals surface area contributed by atoms with Crippen molar-refractivity contribution in [3.05, 3.63) is 77.9 Å². The van der Waals surface area contributed by atoms with E-state index in [2.05, 4.69) is 54.3 Å². The first-order valence-electron chi connectivity index (χ1n) is 11.4. The predicted molar refractivity (Wildman–Crippen MR) is 131 cm³/mol. The lowest BCUT2D eigenvalue weighted by atomic mass is 9.98. The molecule has 0 aliphatic carbocycles. The molecule has 1 saturated heterocycles. The molecule has 1 aliphatic heterocycles. The Morgan fingerprint density at radius 1 is 1.00 bits per heavy atom. The number of hydrogen-bond acceptors (Lipinski definition) is 5. The largest absolute Gasteiger partial charge is 0.497 e. The number of esters is 1. The topological polar surface area (TPSA) is 48.0 Å². The van der Waals surface area contributed by atoms with Crippen molar-refractivity contribution in [1.82, 2.24) is 0 Å². The number of benzene rings is 3. The van der Waals surface area contributed by atoms with E-state index in [0.717, 1.165) is 47.7 Å². The molecule has 0 radical (unpaired) electrons. The Hall–Kier alpha value is -3.47. The quantitative estimate of drug-likeness (QED) is 0.411. The minimum atomic E-state index is -0.153. The zero-order chi connectivity index (χ0) is 23.2. The monoisotopic (exact) mass is 445 g/mol. The summed E-state index contributed by atoms with van der Waals surface area (Å²) in [5.41, 5.74) is 5.77. The van der Waals surface area contributed by atoms with Crippen molar-refractivity contribution in [1.29, 1.82) is 0 Å². The van der Waals surface area contributed by atoms with Crippen LogP contribution in [0.2, 0.25) is 0 Å². The van der Waals surface area contributed by atoms with Gasteiger partial charge in [-0.1, -0.05) is 30.3 Å². The van der Waals surface area contributed by atoms with E-state index in [0.29, 0.717) is 13.0 Å². The molecule has 4 rings (SSSR count). The number of carbonyl (C=O) groups excluding carboxylic acids is 1. The first-order valence-corrected chi connectivity index (χ1v) is 11.4. The van der Waals surface area contributed by atoms with Gasteiger partial charge in [0.2, 0.25) is 0 Å². The van der Waals surface area contributed by atoms with Crippen LogP contribution in [-0.2, 0) is 16.1 Å². The van der Waals surface area contributed by atoms with Gasteiger partial charge in [-0.05, 0) is 78.4 Å². The average molecular weight is 446 g/mol. The second-order valence-corrected chi connectivity index (χ2v) is 8.43. The van der Waals surface area contributed by atoms with Gasteiger partial charge in [-0.3, -0.25) is 4.79 Å². The van der Waals surface area contributed by atoms with Gasteiger partial charge in [0, 0.05) is 18.3 Å². The first-order chi connectivity index (χ1) is 16.1. The summed E-state index contributed by atoms with van der Waals surface area (Å²) < 4.78 is 16.2. The Kier molecular flexibility index (Phi) is 7.18. The summed E-state index contributed by atoms with van der Waals surface area (Å²) in [4.78, 5) is 14.0. The van der Waals surface area contributed by atoms with Crippen LogP contribution in [-0.4, -0.2) is 32.8 Å². The van der Waals surface area contributed by atoms with Crippen LogP contribution in [0.1, 0.15) is 30.4 Å². The van der Waals surface area contributed by atoms with Crippen molar-refractivity contribution in [3.63, 3.8) is 0 Å². The van der Waals surface area contributed by atoms with Gasteiger partial charge in [-0.2, -0.15) is 0 Å². The number of aryl methyl sites for hydroxylation is 1. The van der Waals surface area contributed by atoms with Gasteiger partial charge in [-0.25, -0.2) is 0 Å². The smallest absolute Gasteiger partial charge is 0.307 e. The Balaban J connectivity index is 1.38. The van der Waals surface area contributed by atoms with Crippen LogP contribution >= 0.6 is 0 Å². The summed E-state index contributed by atoms with van der Waals surface area (Å²) in [5.74, 6) is 1.53. The molecular formula is C28H31NO4. The fourth-order valence-corrected chi connectivity index (χ4v) is 4.49. The molecular weight excluding hydrogens is 414 g/mol. The van der Waals surface area contributed by atoms with Crippen molar-refractivity contribution in [3.8, 4) is 22.6 Å². The highest BCUT2D eigenvalue weighted by molar-refractivity contribution is 5.71. The predicted octanol–water partition coefficient (Wildman–Crippen LogP) is 5.78. The zero-order valence-corrected chi connectivity index (χ0v) is 19.5. The van der Waals surface area contributed by atoms with Crippen LogP contribution in [0.15, 0.2) is 66.7 Å². The number of methoxy groups -OCH3 is 2. The molecule has 172 valence electrons. The van der Waals surface area contributed by atoms with E-state index in [-0.39, 0.29) is 12.0 Å².